The van der Waals surface area contributed by atoms with Gasteiger partial charge in [-0.05, 0) is 51.2 Å². The molecule has 0 bridgehead atoms. The van der Waals surface area contributed by atoms with Gasteiger partial charge in [-0.25, -0.2) is 0 Å². The molecule has 1 aromatic rings. The van der Waals surface area contributed by atoms with Crippen LogP contribution in [0.3, 0.4) is 0 Å². The van der Waals surface area contributed by atoms with Crippen molar-refractivity contribution < 1.29 is 4.74 Å². The molecule has 2 rings (SSSR count). The summed E-state index contributed by atoms with van der Waals surface area (Å²) in [5.74, 6) is 0. The summed E-state index contributed by atoms with van der Waals surface area (Å²) in [6.45, 7) is 8.59. The van der Waals surface area contributed by atoms with Gasteiger partial charge < -0.3 is 15.4 Å². The first-order chi connectivity index (χ1) is 9.97. The van der Waals surface area contributed by atoms with Crippen molar-refractivity contribution in [3.05, 3.63) is 29.3 Å². The van der Waals surface area contributed by atoms with Gasteiger partial charge in [0.15, 0.2) is 0 Å². The van der Waals surface area contributed by atoms with Crippen LogP contribution in [0.25, 0.3) is 0 Å². The molecule has 2 N–H and O–H groups in total. The Morgan fingerprint density at radius 1 is 1.43 bits per heavy atom. The number of aryl methyl sites for hydroxylation is 1. The minimum Gasteiger partial charge on any atom is -0.377 e. The molecule has 1 aliphatic heterocycles. The molecule has 21 heavy (non-hydrogen) atoms. The van der Waals surface area contributed by atoms with Crippen LogP contribution >= 0.6 is 0 Å². The topological polar surface area (TPSA) is 38.5 Å². The highest BCUT2D eigenvalue weighted by Gasteiger charge is 2.31. The zero-order chi connectivity index (χ0) is 15.5. The molecule has 2 unspecified atom stereocenters. The molecule has 0 saturated carbocycles. The number of hydrogen-bond acceptors (Lipinski definition) is 3. The van der Waals surface area contributed by atoms with Gasteiger partial charge in [-0.2, -0.15) is 0 Å². The first kappa shape index (κ1) is 16.3. The quantitative estimate of drug-likeness (QED) is 0.904. The van der Waals surface area contributed by atoms with Crippen molar-refractivity contribution in [2.24, 2.45) is 5.73 Å². The molecule has 3 heteroatoms. The van der Waals surface area contributed by atoms with Crippen LogP contribution in [0.5, 0.6) is 0 Å². The largest absolute Gasteiger partial charge is 0.377 e. The minimum atomic E-state index is -0.0344. The fourth-order valence-electron chi connectivity index (χ4n) is 3.19. The maximum Gasteiger partial charge on any atom is 0.0825 e. The van der Waals surface area contributed by atoms with Crippen LogP contribution in [-0.2, 0) is 11.2 Å². The molecule has 0 radical (unpaired) electrons. The van der Waals surface area contributed by atoms with E-state index in [0.717, 1.165) is 32.4 Å². The van der Waals surface area contributed by atoms with Crippen LogP contribution in [0.2, 0.25) is 0 Å². The first-order valence-electron chi connectivity index (χ1n) is 8.12. The number of methoxy groups -OCH3 is 1. The van der Waals surface area contributed by atoms with E-state index in [1.165, 1.54) is 23.2 Å². The monoisotopic (exact) mass is 290 g/mol. The average Bonchev–Trinajstić information content (AvgIpc) is 2.47. The van der Waals surface area contributed by atoms with E-state index in [2.05, 4.69) is 43.9 Å². The van der Waals surface area contributed by atoms with Gasteiger partial charge in [-0.1, -0.05) is 24.6 Å². The molecule has 1 fully saturated rings. The predicted molar refractivity (Wildman–Crippen MR) is 90.0 cm³/mol. The summed E-state index contributed by atoms with van der Waals surface area (Å²) in [6.07, 6.45) is 4.28. The Labute approximate surface area is 129 Å². The second-order valence-electron chi connectivity index (χ2n) is 6.68. The van der Waals surface area contributed by atoms with Crippen LogP contribution in [0.4, 0.5) is 5.69 Å². The zero-order valence-electron chi connectivity index (χ0n) is 14.0. The highest BCUT2D eigenvalue weighted by molar-refractivity contribution is 5.56. The molecule has 1 heterocycles. The summed E-state index contributed by atoms with van der Waals surface area (Å²) < 4.78 is 5.73. The third kappa shape index (κ3) is 3.98. The van der Waals surface area contributed by atoms with E-state index in [1.54, 1.807) is 0 Å². The molecular weight excluding hydrogens is 260 g/mol. The maximum atomic E-state index is 6.19. The summed E-state index contributed by atoms with van der Waals surface area (Å²) in [6, 6.07) is 7.00. The lowest BCUT2D eigenvalue weighted by Gasteiger charge is -2.41. The van der Waals surface area contributed by atoms with Crippen LogP contribution in [0.1, 0.15) is 44.2 Å². The summed E-state index contributed by atoms with van der Waals surface area (Å²) in [4.78, 5) is 2.48. The average molecular weight is 290 g/mol. The van der Waals surface area contributed by atoms with E-state index in [9.17, 15) is 0 Å². The normalized spacial score (nSPS) is 24.1. The SMILES string of the molecule is CCC(N)Cc1cc(C)ccc1N1CCCC(C)(OC)C1. The number of hydrogen-bond donors (Lipinski definition) is 1. The van der Waals surface area contributed by atoms with Crippen molar-refractivity contribution in [1.82, 2.24) is 0 Å². The molecule has 118 valence electrons. The van der Waals surface area contributed by atoms with E-state index >= 15 is 0 Å². The van der Waals surface area contributed by atoms with Gasteiger partial charge in [0.2, 0.25) is 0 Å². The molecule has 0 aromatic heterocycles. The summed E-state index contributed by atoms with van der Waals surface area (Å²) in [5, 5.41) is 0. The Balaban J connectivity index is 2.25. The van der Waals surface area contributed by atoms with Crippen molar-refractivity contribution in [3.63, 3.8) is 0 Å². The minimum absolute atomic E-state index is 0.0344. The third-order valence-electron chi connectivity index (χ3n) is 4.73. The third-order valence-corrected chi connectivity index (χ3v) is 4.73. The molecule has 2 atom stereocenters. The Kier molecular flexibility index (Phi) is 5.28. The summed E-state index contributed by atoms with van der Waals surface area (Å²) in [7, 11) is 1.83. The number of piperidine rings is 1. The van der Waals surface area contributed by atoms with Crippen LogP contribution < -0.4 is 10.6 Å². The molecule has 1 aromatic carbocycles. The lowest BCUT2D eigenvalue weighted by molar-refractivity contribution is -0.00468. The van der Waals surface area contributed by atoms with Crippen molar-refractivity contribution in [1.29, 1.82) is 0 Å². The second-order valence-corrected chi connectivity index (χ2v) is 6.68. The fourth-order valence-corrected chi connectivity index (χ4v) is 3.19. The van der Waals surface area contributed by atoms with Gasteiger partial charge in [0.25, 0.3) is 0 Å². The van der Waals surface area contributed by atoms with Crippen LogP contribution in [0, 0.1) is 6.92 Å². The summed E-state index contributed by atoms with van der Waals surface area (Å²) >= 11 is 0. The van der Waals surface area contributed by atoms with Gasteiger partial charge >= 0.3 is 0 Å². The molecular formula is C18H30N2O. The Morgan fingerprint density at radius 3 is 2.86 bits per heavy atom. The van der Waals surface area contributed by atoms with Gasteiger partial charge in [0, 0.05) is 31.9 Å². The van der Waals surface area contributed by atoms with Crippen molar-refractivity contribution in [2.45, 2.75) is 58.1 Å². The molecule has 0 amide bonds. The smallest absolute Gasteiger partial charge is 0.0825 e. The predicted octanol–water partition coefficient (Wildman–Crippen LogP) is 3.28. The van der Waals surface area contributed by atoms with Crippen molar-refractivity contribution >= 4 is 5.69 Å². The number of anilines is 1. The number of benzene rings is 1. The highest BCUT2D eigenvalue weighted by atomic mass is 16.5. The van der Waals surface area contributed by atoms with E-state index in [4.69, 9.17) is 10.5 Å². The number of rotatable bonds is 5. The van der Waals surface area contributed by atoms with E-state index in [-0.39, 0.29) is 11.6 Å². The van der Waals surface area contributed by atoms with Gasteiger partial charge in [0.1, 0.15) is 0 Å². The van der Waals surface area contributed by atoms with Crippen LogP contribution in [-0.4, -0.2) is 31.8 Å². The van der Waals surface area contributed by atoms with E-state index in [1.807, 2.05) is 7.11 Å². The number of nitrogens with zero attached hydrogens (tertiary/aromatic N) is 1. The standard InChI is InChI=1S/C18H30N2O/c1-5-16(19)12-15-11-14(2)7-8-17(15)20-10-6-9-18(3,13-20)21-4/h7-8,11,16H,5-6,9-10,12-13,19H2,1-4H3. The number of ether oxygens (including phenoxy) is 1. The van der Waals surface area contributed by atoms with Crippen molar-refractivity contribution in [3.8, 4) is 0 Å². The lowest BCUT2D eigenvalue weighted by atomic mass is 9.92. The van der Waals surface area contributed by atoms with Gasteiger partial charge in [0.05, 0.1) is 5.60 Å². The van der Waals surface area contributed by atoms with E-state index in [0.29, 0.717) is 0 Å². The molecule has 0 aliphatic carbocycles. The zero-order valence-corrected chi connectivity index (χ0v) is 14.0. The van der Waals surface area contributed by atoms with Crippen molar-refractivity contribution in [2.75, 3.05) is 25.1 Å². The fraction of sp³-hybridized carbons (Fsp3) is 0.667. The lowest BCUT2D eigenvalue weighted by Crippen LogP contribution is -2.47. The maximum absolute atomic E-state index is 6.19. The molecule has 1 aliphatic rings. The molecule has 1 saturated heterocycles. The Hall–Kier alpha value is -1.06. The van der Waals surface area contributed by atoms with Crippen LogP contribution in [0.15, 0.2) is 18.2 Å². The second kappa shape index (κ2) is 6.80. The molecule has 0 spiro atoms. The first-order valence-corrected chi connectivity index (χ1v) is 8.12. The Morgan fingerprint density at radius 2 is 2.19 bits per heavy atom. The van der Waals surface area contributed by atoms with E-state index < -0.39 is 0 Å². The Bertz CT molecular complexity index is 474. The highest BCUT2D eigenvalue weighted by Crippen LogP contribution is 2.31. The van der Waals surface area contributed by atoms with Gasteiger partial charge in [-0.15, -0.1) is 0 Å². The number of nitrogens with two attached hydrogens (primary N) is 1. The molecule has 3 nitrogen and oxygen atoms in total. The summed E-state index contributed by atoms with van der Waals surface area (Å²) in [5.41, 5.74) is 10.2. The van der Waals surface area contributed by atoms with Gasteiger partial charge in [-0.3, -0.25) is 0 Å².